The van der Waals surface area contributed by atoms with Gasteiger partial charge in [0.2, 0.25) is 0 Å². The second-order valence-electron chi connectivity index (χ2n) is 4.13. The molecule has 2 rings (SSSR count). The SMILES string of the molecule is C=Nc1ccccc1N(CCC)c1ccccc1. The highest BCUT2D eigenvalue weighted by Gasteiger charge is 2.11. The normalized spacial score (nSPS) is 10.1. The Bertz CT molecular complexity index is 506. The zero-order valence-electron chi connectivity index (χ0n) is 10.7. The third kappa shape index (κ3) is 2.59. The lowest BCUT2D eigenvalue weighted by Gasteiger charge is -2.25. The smallest absolute Gasteiger partial charge is 0.0859 e. The largest absolute Gasteiger partial charge is 0.340 e. The molecule has 18 heavy (non-hydrogen) atoms. The monoisotopic (exact) mass is 238 g/mol. The molecule has 0 aliphatic rings. The van der Waals surface area contributed by atoms with E-state index in [0.717, 1.165) is 24.3 Å². The summed E-state index contributed by atoms with van der Waals surface area (Å²) in [5, 5.41) is 0. The van der Waals surface area contributed by atoms with E-state index < -0.39 is 0 Å². The fraction of sp³-hybridized carbons (Fsp3) is 0.188. The summed E-state index contributed by atoms with van der Waals surface area (Å²) in [5.41, 5.74) is 3.23. The van der Waals surface area contributed by atoms with E-state index in [1.54, 1.807) is 0 Å². The van der Waals surface area contributed by atoms with Crippen molar-refractivity contribution >= 4 is 23.8 Å². The van der Waals surface area contributed by atoms with Crippen LogP contribution >= 0.6 is 0 Å². The molecular weight excluding hydrogens is 220 g/mol. The molecule has 92 valence electrons. The fourth-order valence-corrected chi connectivity index (χ4v) is 2.05. The van der Waals surface area contributed by atoms with Crippen LogP contribution in [0.2, 0.25) is 0 Å². The highest BCUT2D eigenvalue weighted by molar-refractivity contribution is 5.75. The maximum absolute atomic E-state index is 4.11. The van der Waals surface area contributed by atoms with Gasteiger partial charge in [-0.15, -0.1) is 0 Å². The Morgan fingerprint density at radius 3 is 2.33 bits per heavy atom. The summed E-state index contributed by atoms with van der Waals surface area (Å²) in [5.74, 6) is 0. The van der Waals surface area contributed by atoms with Crippen LogP contribution in [0.25, 0.3) is 0 Å². The van der Waals surface area contributed by atoms with Crippen LogP contribution in [-0.4, -0.2) is 13.3 Å². The van der Waals surface area contributed by atoms with Gasteiger partial charge in [0.15, 0.2) is 0 Å². The number of anilines is 2. The summed E-state index contributed by atoms with van der Waals surface area (Å²) in [6.07, 6.45) is 1.08. The topological polar surface area (TPSA) is 15.6 Å². The number of nitrogens with zero attached hydrogens (tertiary/aromatic N) is 2. The highest BCUT2D eigenvalue weighted by Crippen LogP contribution is 2.33. The summed E-state index contributed by atoms with van der Waals surface area (Å²) in [6.45, 7) is 6.80. The lowest BCUT2D eigenvalue weighted by Crippen LogP contribution is -2.17. The molecule has 0 fully saturated rings. The van der Waals surface area contributed by atoms with Gasteiger partial charge < -0.3 is 4.90 Å². The maximum atomic E-state index is 4.11. The van der Waals surface area contributed by atoms with Crippen LogP contribution in [0.3, 0.4) is 0 Å². The molecule has 2 heteroatoms. The van der Waals surface area contributed by atoms with Crippen molar-refractivity contribution in [2.45, 2.75) is 13.3 Å². The van der Waals surface area contributed by atoms with E-state index in [1.807, 2.05) is 24.3 Å². The van der Waals surface area contributed by atoms with Crippen molar-refractivity contribution < 1.29 is 0 Å². The number of aliphatic imine (C=N–C) groups is 1. The molecule has 2 aromatic carbocycles. The van der Waals surface area contributed by atoms with E-state index >= 15 is 0 Å². The van der Waals surface area contributed by atoms with Crippen molar-refractivity contribution in [3.05, 3.63) is 54.6 Å². The van der Waals surface area contributed by atoms with Gasteiger partial charge in [0.25, 0.3) is 0 Å². The van der Waals surface area contributed by atoms with Crippen LogP contribution in [0.4, 0.5) is 17.1 Å². The molecule has 0 aromatic heterocycles. The van der Waals surface area contributed by atoms with Crippen LogP contribution in [0.5, 0.6) is 0 Å². The number of rotatable bonds is 5. The van der Waals surface area contributed by atoms with E-state index in [2.05, 4.69) is 53.9 Å². The van der Waals surface area contributed by atoms with Gasteiger partial charge in [-0.25, -0.2) is 0 Å². The van der Waals surface area contributed by atoms with Crippen molar-refractivity contribution in [3.8, 4) is 0 Å². The summed E-state index contributed by atoms with van der Waals surface area (Å²) >= 11 is 0. The first-order valence-electron chi connectivity index (χ1n) is 6.25. The van der Waals surface area contributed by atoms with Crippen LogP contribution in [0.15, 0.2) is 59.6 Å². The molecule has 0 aliphatic heterocycles. The summed E-state index contributed by atoms with van der Waals surface area (Å²) < 4.78 is 0. The minimum atomic E-state index is 0.926. The van der Waals surface area contributed by atoms with Crippen molar-refractivity contribution in [1.82, 2.24) is 0 Å². The molecule has 0 saturated heterocycles. The number of benzene rings is 2. The Hall–Kier alpha value is -2.09. The molecule has 0 unspecified atom stereocenters. The molecule has 0 spiro atoms. The lowest BCUT2D eigenvalue weighted by molar-refractivity contribution is 0.886. The Balaban J connectivity index is 2.44. The van der Waals surface area contributed by atoms with Gasteiger partial charge >= 0.3 is 0 Å². The molecule has 2 nitrogen and oxygen atoms in total. The van der Waals surface area contributed by atoms with E-state index in [0.29, 0.717) is 0 Å². The first-order chi connectivity index (χ1) is 8.86. The molecule has 0 saturated carbocycles. The van der Waals surface area contributed by atoms with Crippen LogP contribution in [0, 0.1) is 0 Å². The Morgan fingerprint density at radius 2 is 1.67 bits per heavy atom. The second-order valence-corrected chi connectivity index (χ2v) is 4.13. The number of hydrogen-bond donors (Lipinski definition) is 0. The van der Waals surface area contributed by atoms with Gasteiger partial charge in [-0.05, 0) is 37.4 Å². The van der Waals surface area contributed by atoms with Crippen molar-refractivity contribution in [2.75, 3.05) is 11.4 Å². The first kappa shape index (κ1) is 12.4. The Labute approximate surface area is 109 Å². The summed E-state index contributed by atoms with van der Waals surface area (Å²) in [6, 6.07) is 18.5. The Morgan fingerprint density at radius 1 is 1.00 bits per heavy atom. The molecule has 0 radical (unpaired) electrons. The average Bonchev–Trinajstić information content (AvgIpc) is 2.46. The standard InChI is InChI=1S/C16H18N2/c1-3-13-18(14-9-5-4-6-10-14)16-12-8-7-11-15(16)17-2/h4-12H,2-3,13H2,1H3. The molecule has 0 aliphatic carbocycles. The third-order valence-corrected chi connectivity index (χ3v) is 2.86. The Kier molecular flexibility index (Phi) is 4.13. The van der Waals surface area contributed by atoms with Gasteiger partial charge in [0.05, 0.1) is 11.4 Å². The van der Waals surface area contributed by atoms with Crippen molar-refractivity contribution in [1.29, 1.82) is 0 Å². The lowest BCUT2D eigenvalue weighted by atomic mass is 10.2. The number of para-hydroxylation sites is 3. The third-order valence-electron chi connectivity index (χ3n) is 2.86. The molecular formula is C16H18N2. The highest BCUT2D eigenvalue weighted by atomic mass is 15.1. The van der Waals surface area contributed by atoms with Crippen LogP contribution < -0.4 is 4.90 Å². The minimum absolute atomic E-state index is 0.926. The molecule has 0 heterocycles. The maximum Gasteiger partial charge on any atom is 0.0859 e. The van der Waals surface area contributed by atoms with E-state index in [9.17, 15) is 0 Å². The predicted molar refractivity (Wildman–Crippen MR) is 79.4 cm³/mol. The van der Waals surface area contributed by atoms with E-state index in [-0.39, 0.29) is 0 Å². The zero-order valence-corrected chi connectivity index (χ0v) is 10.7. The van der Waals surface area contributed by atoms with Gasteiger partial charge in [-0.3, -0.25) is 4.99 Å². The predicted octanol–water partition coefficient (Wildman–Crippen LogP) is 4.57. The van der Waals surface area contributed by atoms with Gasteiger partial charge in [0.1, 0.15) is 0 Å². The molecule has 0 amide bonds. The van der Waals surface area contributed by atoms with E-state index in [1.165, 1.54) is 5.69 Å². The second kappa shape index (κ2) is 6.01. The minimum Gasteiger partial charge on any atom is -0.340 e. The van der Waals surface area contributed by atoms with Gasteiger partial charge in [-0.1, -0.05) is 37.3 Å². The van der Waals surface area contributed by atoms with Crippen molar-refractivity contribution in [3.63, 3.8) is 0 Å². The quantitative estimate of drug-likeness (QED) is 0.697. The first-order valence-corrected chi connectivity index (χ1v) is 6.25. The molecule has 0 atom stereocenters. The van der Waals surface area contributed by atoms with Crippen molar-refractivity contribution in [2.24, 2.45) is 4.99 Å². The van der Waals surface area contributed by atoms with Crippen LogP contribution in [-0.2, 0) is 0 Å². The fourth-order valence-electron chi connectivity index (χ4n) is 2.05. The zero-order chi connectivity index (χ0) is 12.8. The van der Waals surface area contributed by atoms with Gasteiger partial charge in [0, 0.05) is 12.2 Å². The average molecular weight is 238 g/mol. The van der Waals surface area contributed by atoms with Gasteiger partial charge in [-0.2, -0.15) is 0 Å². The van der Waals surface area contributed by atoms with Crippen LogP contribution in [0.1, 0.15) is 13.3 Å². The molecule has 2 aromatic rings. The molecule has 0 N–H and O–H groups in total. The summed E-state index contributed by atoms with van der Waals surface area (Å²) in [7, 11) is 0. The van der Waals surface area contributed by atoms with E-state index in [4.69, 9.17) is 0 Å². The number of hydrogen-bond acceptors (Lipinski definition) is 2. The summed E-state index contributed by atoms with van der Waals surface area (Å²) in [4.78, 5) is 6.39. The molecule has 0 bridgehead atoms.